The topological polar surface area (TPSA) is 281 Å². The van der Waals surface area contributed by atoms with Crippen LogP contribution in [0.25, 0.3) is 6.08 Å². The maximum absolute atomic E-state index is 13.3. The van der Waals surface area contributed by atoms with Crippen LogP contribution in [0.15, 0.2) is 66.7 Å². The Labute approximate surface area is 296 Å². The largest absolute Gasteiger partial charge is 0.457 e. The molecular weight excluding hydrogens is 696 g/mol. The summed E-state index contributed by atoms with van der Waals surface area (Å²) < 4.78 is 40.0. The number of carbonyl (C=O) groups is 2. The number of aliphatic hydroxyl groups excluding tert-OH is 9. The Morgan fingerprint density at radius 2 is 1.27 bits per heavy atom. The van der Waals surface area contributed by atoms with Gasteiger partial charge in [0.25, 0.3) is 0 Å². The van der Waals surface area contributed by atoms with E-state index >= 15 is 0 Å². The molecule has 18 heteroatoms. The molecule has 0 aromatic heterocycles. The molecule has 0 amide bonds. The van der Waals surface area contributed by atoms with Crippen LogP contribution in [0.4, 0.5) is 0 Å². The summed E-state index contributed by atoms with van der Waals surface area (Å²) in [7, 11) is 0. The quantitative estimate of drug-likeness (QED) is 0.0714. The van der Waals surface area contributed by atoms with Gasteiger partial charge in [-0.25, -0.2) is 9.59 Å². The van der Waals surface area contributed by atoms with Gasteiger partial charge in [-0.15, -0.1) is 0 Å². The molecule has 0 spiro atoms. The Morgan fingerprint density at radius 3 is 1.88 bits per heavy atom. The number of carbonyl (C=O) groups excluding carboxylic acids is 2. The van der Waals surface area contributed by atoms with Crippen LogP contribution in [-0.2, 0) is 38.0 Å². The highest BCUT2D eigenvalue weighted by Crippen LogP contribution is 2.40. The maximum Gasteiger partial charge on any atom is 0.338 e. The molecule has 18 nitrogen and oxygen atoms in total. The van der Waals surface area contributed by atoms with Crippen molar-refractivity contribution in [3.63, 3.8) is 0 Å². The van der Waals surface area contributed by atoms with Gasteiger partial charge in [0.05, 0.1) is 25.4 Å². The average Bonchev–Trinajstić information content (AvgIpc) is 3.42. The number of hydrogen-bond acceptors (Lipinski definition) is 18. The minimum absolute atomic E-state index is 0.0236. The van der Waals surface area contributed by atoms with Crippen LogP contribution in [-0.4, -0.2) is 170 Å². The smallest absolute Gasteiger partial charge is 0.338 e. The molecule has 3 heterocycles. The molecule has 3 saturated heterocycles. The van der Waals surface area contributed by atoms with E-state index in [1.54, 1.807) is 36.4 Å². The summed E-state index contributed by atoms with van der Waals surface area (Å²) in [6, 6.07) is 16.2. The molecule has 0 aliphatic carbocycles. The van der Waals surface area contributed by atoms with E-state index in [1.165, 1.54) is 30.3 Å². The van der Waals surface area contributed by atoms with Crippen LogP contribution in [0.2, 0.25) is 0 Å². The first kappa shape index (κ1) is 39.8. The third-order valence-corrected chi connectivity index (χ3v) is 8.81. The Morgan fingerprint density at radius 1 is 0.692 bits per heavy atom. The zero-order valence-electron chi connectivity index (χ0n) is 27.5. The zero-order valence-corrected chi connectivity index (χ0v) is 27.5. The van der Waals surface area contributed by atoms with Gasteiger partial charge in [0.2, 0.25) is 5.79 Å². The molecule has 5 rings (SSSR count). The van der Waals surface area contributed by atoms with Gasteiger partial charge >= 0.3 is 11.9 Å². The minimum Gasteiger partial charge on any atom is -0.457 e. The molecular formula is C34H42O18. The predicted molar refractivity (Wildman–Crippen MR) is 170 cm³/mol. The summed E-state index contributed by atoms with van der Waals surface area (Å²) in [6.07, 6.45) is -21.3. The fourth-order valence-corrected chi connectivity index (χ4v) is 5.93. The van der Waals surface area contributed by atoms with Gasteiger partial charge in [-0.1, -0.05) is 48.5 Å². The first-order valence-electron chi connectivity index (χ1n) is 16.3. The Bertz CT molecular complexity index is 1480. The molecule has 14 atom stereocenters. The van der Waals surface area contributed by atoms with Gasteiger partial charge in [-0.3, -0.25) is 0 Å². The monoisotopic (exact) mass is 738 g/mol. The third kappa shape index (κ3) is 8.67. The molecule has 2 aromatic carbocycles. The fraction of sp³-hybridized carbons (Fsp3) is 0.529. The Kier molecular flexibility index (Phi) is 13.4. The first-order chi connectivity index (χ1) is 24.9. The average molecular weight is 739 g/mol. The molecule has 0 saturated carbocycles. The number of rotatable bonds is 13. The van der Waals surface area contributed by atoms with E-state index in [0.717, 1.165) is 6.08 Å². The van der Waals surface area contributed by atoms with Crippen molar-refractivity contribution in [1.29, 1.82) is 0 Å². The molecule has 3 aliphatic heterocycles. The van der Waals surface area contributed by atoms with Crippen molar-refractivity contribution in [2.24, 2.45) is 0 Å². The lowest BCUT2D eigenvalue weighted by Gasteiger charge is -2.47. The second-order valence-electron chi connectivity index (χ2n) is 12.3. The second kappa shape index (κ2) is 17.6. The van der Waals surface area contributed by atoms with Gasteiger partial charge in [0.1, 0.15) is 67.6 Å². The molecule has 3 fully saturated rings. The number of hydrogen-bond donors (Lipinski definition) is 9. The van der Waals surface area contributed by atoms with E-state index in [1.807, 2.05) is 0 Å². The van der Waals surface area contributed by atoms with E-state index in [9.17, 15) is 55.5 Å². The number of ether oxygens (including phenoxy) is 7. The number of esters is 2. The molecule has 9 N–H and O–H groups in total. The highest BCUT2D eigenvalue weighted by Gasteiger charge is 2.62. The van der Waals surface area contributed by atoms with E-state index < -0.39 is 124 Å². The Balaban J connectivity index is 1.50. The van der Waals surface area contributed by atoms with Crippen LogP contribution >= 0.6 is 0 Å². The summed E-state index contributed by atoms with van der Waals surface area (Å²) >= 11 is 0. The van der Waals surface area contributed by atoms with Gasteiger partial charge in [0.15, 0.2) is 18.7 Å². The normalized spacial score (nSPS) is 37.9. The highest BCUT2D eigenvalue weighted by atomic mass is 16.8. The predicted octanol–water partition coefficient (Wildman–Crippen LogP) is -3.44. The molecule has 3 aliphatic rings. The zero-order chi connectivity index (χ0) is 37.6. The van der Waals surface area contributed by atoms with Crippen LogP contribution in [0.5, 0.6) is 0 Å². The first-order valence-corrected chi connectivity index (χ1v) is 16.3. The van der Waals surface area contributed by atoms with Crippen LogP contribution in [0.3, 0.4) is 0 Å². The van der Waals surface area contributed by atoms with E-state index in [2.05, 4.69) is 0 Å². The van der Waals surface area contributed by atoms with Crippen molar-refractivity contribution in [1.82, 2.24) is 0 Å². The van der Waals surface area contributed by atoms with Gasteiger partial charge in [-0.05, 0) is 23.8 Å². The summed E-state index contributed by atoms with van der Waals surface area (Å²) in [5, 5.41) is 94.0. The van der Waals surface area contributed by atoms with Crippen molar-refractivity contribution in [3.8, 4) is 0 Å². The number of aliphatic hydroxyl groups is 9. The van der Waals surface area contributed by atoms with Crippen molar-refractivity contribution in [2.45, 2.75) is 85.5 Å². The molecule has 2 aromatic rings. The molecule has 14 unspecified atom stereocenters. The third-order valence-electron chi connectivity index (χ3n) is 8.81. The van der Waals surface area contributed by atoms with Crippen LogP contribution in [0, 0.1) is 0 Å². The van der Waals surface area contributed by atoms with E-state index in [-0.39, 0.29) is 5.56 Å². The lowest BCUT2D eigenvalue weighted by Crippen LogP contribution is -2.66. The maximum atomic E-state index is 13.3. The summed E-state index contributed by atoms with van der Waals surface area (Å²) in [5.41, 5.74) is 0.662. The summed E-state index contributed by atoms with van der Waals surface area (Å²) in [5.74, 6) is -4.54. The van der Waals surface area contributed by atoms with Crippen molar-refractivity contribution >= 4 is 18.0 Å². The van der Waals surface area contributed by atoms with Crippen LogP contribution < -0.4 is 0 Å². The molecule has 0 bridgehead atoms. The van der Waals surface area contributed by atoms with Crippen molar-refractivity contribution in [2.75, 3.05) is 26.4 Å². The highest BCUT2D eigenvalue weighted by molar-refractivity contribution is 5.89. The summed E-state index contributed by atoms with van der Waals surface area (Å²) in [6.45, 7) is -3.57. The molecule has 0 radical (unpaired) electrons. The fourth-order valence-electron chi connectivity index (χ4n) is 5.93. The van der Waals surface area contributed by atoms with E-state index in [4.69, 9.17) is 33.2 Å². The Hall–Kier alpha value is -3.44. The van der Waals surface area contributed by atoms with Gasteiger partial charge < -0.3 is 79.1 Å². The van der Waals surface area contributed by atoms with Crippen molar-refractivity contribution < 1.29 is 88.7 Å². The minimum atomic E-state index is -2.57. The second-order valence-corrected chi connectivity index (χ2v) is 12.3. The molecule has 52 heavy (non-hydrogen) atoms. The van der Waals surface area contributed by atoms with Crippen molar-refractivity contribution in [3.05, 3.63) is 77.9 Å². The lowest BCUT2D eigenvalue weighted by atomic mass is 9.97. The SMILES string of the molecule is O=C(C=Cc1ccccc1)OCC1(OC2OC(CO)C(O)C(O)C2OC2OC(CO)C(O)C(O)C2O)OC(CO)C(O)C1OC(=O)c1ccccc1. The van der Waals surface area contributed by atoms with Gasteiger partial charge in [-0.2, -0.15) is 0 Å². The number of benzene rings is 2. The summed E-state index contributed by atoms with van der Waals surface area (Å²) in [4.78, 5) is 26.2. The standard InChI is InChI=1S/C34H42O18/c35-13-19-23(39)26(42)28(44)32(47-19)49-29-27(43)24(40)20(14-36)48-33(29)52-34(16-46-22(38)12-11-17-7-3-1-4-8-17)30(25(41)21(15-37)51-34)50-31(45)18-9-5-2-6-10-18/h1-12,19-21,23-30,32-33,35-37,39-44H,13-16H2. The van der Waals surface area contributed by atoms with E-state index in [0.29, 0.717) is 5.56 Å². The lowest BCUT2D eigenvalue weighted by molar-refractivity contribution is -0.407. The molecule has 286 valence electrons. The van der Waals surface area contributed by atoms with Gasteiger partial charge in [0, 0.05) is 6.08 Å². The van der Waals surface area contributed by atoms with Crippen LogP contribution in [0.1, 0.15) is 15.9 Å².